The minimum Gasteiger partial charge on any atom is -0.158 e. The summed E-state index contributed by atoms with van der Waals surface area (Å²) in [4.78, 5) is 0. The van der Waals surface area contributed by atoms with Crippen molar-refractivity contribution in [1.82, 2.24) is 0 Å². The number of thiol groups is 1. The van der Waals surface area contributed by atoms with Gasteiger partial charge in [0.05, 0.1) is 0 Å². The quantitative estimate of drug-likeness (QED) is 0.493. The summed E-state index contributed by atoms with van der Waals surface area (Å²) in [6, 6.07) is 7.08. The van der Waals surface area contributed by atoms with Crippen molar-refractivity contribution in [3.8, 4) is 0 Å². The maximum absolute atomic E-state index is 5.56. The zero-order chi connectivity index (χ0) is 7.98. The van der Waals surface area contributed by atoms with Gasteiger partial charge in [0.25, 0.3) is 0 Å². The molecule has 0 amide bonds. The van der Waals surface area contributed by atoms with Crippen LogP contribution in [0.25, 0.3) is 0 Å². The SMILES string of the molecule is Clc1cccc(Cl)c1.PS. The summed E-state index contributed by atoms with van der Waals surface area (Å²) in [7, 11) is 2.11. The average Bonchev–Trinajstić information content (AvgIpc) is 1.91. The van der Waals surface area contributed by atoms with Crippen LogP contribution in [0.4, 0.5) is 0 Å². The smallest absolute Gasteiger partial charge is 0.0420 e. The van der Waals surface area contributed by atoms with Gasteiger partial charge in [0, 0.05) is 10.0 Å². The van der Waals surface area contributed by atoms with Gasteiger partial charge in [-0.25, -0.2) is 0 Å². The molecule has 0 nitrogen and oxygen atoms in total. The Morgan fingerprint density at radius 2 is 1.50 bits per heavy atom. The predicted octanol–water partition coefficient (Wildman–Crippen LogP) is 3.70. The normalized spacial score (nSPS) is 8.00. The largest absolute Gasteiger partial charge is 0.158 e. The molecule has 1 aromatic carbocycles. The van der Waals surface area contributed by atoms with Crippen molar-refractivity contribution < 1.29 is 0 Å². The van der Waals surface area contributed by atoms with Crippen LogP contribution in [-0.4, -0.2) is 0 Å². The molecule has 0 aromatic heterocycles. The second-order valence-corrected chi connectivity index (χ2v) is 2.31. The lowest BCUT2D eigenvalue weighted by Crippen LogP contribution is -1.61. The molecule has 0 radical (unpaired) electrons. The third-order valence-electron chi connectivity index (χ3n) is 0.787. The predicted molar refractivity (Wildman–Crippen MR) is 55.2 cm³/mol. The van der Waals surface area contributed by atoms with Crippen LogP contribution < -0.4 is 0 Å². The van der Waals surface area contributed by atoms with Gasteiger partial charge in [-0.1, -0.05) is 37.7 Å². The third kappa shape index (κ3) is 4.40. The highest BCUT2D eigenvalue weighted by atomic mass is 35.5. The lowest BCUT2D eigenvalue weighted by Gasteiger charge is -1.86. The monoisotopic (exact) mass is 212 g/mol. The molecular formula is C6H7Cl2PS. The Morgan fingerprint density at radius 3 is 1.70 bits per heavy atom. The van der Waals surface area contributed by atoms with Gasteiger partial charge in [-0.15, -0.1) is 0 Å². The molecule has 0 bridgehead atoms. The van der Waals surface area contributed by atoms with Crippen LogP contribution in [0, 0.1) is 0 Å². The molecule has 0 saturated carbocycles. The van der Waals surface area contributed by atoms with E-state index in [1.807, 2.05) is 6.07 Å². The van der Waals surface area contributed by atoms with Crippen LogP contribution in [-0.2, 0) is 0 Å². The fourth-order valence-electron chi connectivity index (χ4n) is 0.460. The summed E-state index contributed by atoms with van der Waals surface area (Å²) in [6.45, 7) is 0. The van der Waals surface area contributed by atoms with Gasteiger partial charge in [-0.05, 0) is 18.2 Å². The van der Waals surface area contributed by atoms with Crippen LogP contribution in [0.15, 0.2) is 24.3 Å². The van der Waals surface area contributed by atoms with Crippen molar-refractivity contribution in [1.29, 1.82) is 0 Å². The molecule has 0 spiro atoms. The van der Waals surface area contributed by atoms with Crippen LogP contribution >= 0.6 is 43.9 Å². The fraction of sp³-hybridized carbons (Fsp3) is 0. The molecule has 0 aliphatic carbocycles. The van der Waals surface area contributed by atoms with E-state index in [0.717, 1.165) is 0 Å². The van der Waals surface area contributed by atoms with Crippen molar-refractivity contribution >= 4 is 43.9 Å². The van der Waals surface area contributed by atoms with E-state index in [1.165, 1.54) is 0 Å². The maximum atomic E-state index is 5.56. The first-order valence-corrected chi connectivity index (χ1v) is 5.28. The van der Waals surface area contributed by atoms with E-state index in [1.54, 1.807) is 18.2 Å². The van der Waals surface area contributed by atoms with Crippen molar-refractivity contribution in [2.75, 3.05) is 0 Å². The average molecular weight is 213 g/mol. The number of benzene rings is 1. The highest BCUT2D eigenvalue weighted by Gasteiger charge is 1.84. The summed E-state index contributed by atoms with van der Waals surface area (Å²) in [5, 5.41) is 1.36. The van der Waals surface area contributed by atoms with Gasteiger partial charge >= 0.3 is 0 Å². The van der Waals surface area contributed by atoms with E-state index in [9.17, 15) is 0 Å². The Kier molecular flexibility index (Phi) is 6.67. The van der Waals surface area contributed by atoms with Crippen molar-refractivity contribution in [2.24, 2.45) is 0 Å². The molecule has 1 rings (SSSR count). The topological polar surface area (TPSA) is 0 Å². The molecule has 1 aromatic rings. The molecular weight excluding hydrogens is 206 g/mol. The summed E-state index contributed by atoms with van der Waals surface area (Å²) in [6.07, 6.45) is 0. The van der Waals surface area contributed by atoms with E-state index in [-0.39, 0.29) is 0 Å². The van der Waals surface area contributed by atoms with Crippen molar-refractivity contribution in [3.63, 3.8) is 0 Å². The number of hydrogen-bond acceptors (Lipinski definition) is 1. The molecule has 4 heteroatoms. The first-order valence-electron chi connectivity index (χ1n) is 2.46. The molecule has 0 fully saturated rings. The zero-order valence-electron chi connectivity index (χ0n) is 5.09. The van der Waals surface area contributed by atoms with Crippen molar-refractivity contribution in [2.45, 2.75) is 0 Å². The van der Waals surface area contributed by atoms with Gasteiger partial charge < -0.3 is 0 Å². The van der Waals surface area contributed by atoms with E-state index in [2.05, 4.69) is 20.7 Å². The molecule has 1 unspecified atom stereocenters. The summed E-state index contributed by atoms with van der Waals surface area (Å²) in [5.41, 5.74) is 0. The van der Waals surface area contributed by atoms with E-state index < -0.39 is 0 Å². The summed E-state index contributed by atoms with van der Waals surface area (Å²) in [5.74, 6) is 0. The second kappa shape index (κ2) is 6.30. The molecule has 10 heavy (non-hydrogen) atoms. The number of rotatable bonds is 0. The lowest BCUT2D eigenvalue weighted by atomic mass is 10.4. The minimum atomic E-state index is 0.678. The van der Waals surface area contributed by atoms with Crippen LogP contribution in [0.1, 0.15) is 0 Å². The first-order chi connectivity index (χ1) is 4.79. The Morgan fingerprint density at radius 1 is 1.10 bits per heavy atom. The van der Waals surface area contributed by atoms with E-state index in [4.69, 9.17) is 23.2 Å². The second-order valence-electron chi connectivity index (χ2n) is 1.44. The zero-order valence-corrected chi connectivity index (χ0v) is 8.65. The van der Waals surface area contributed by atoms with Gasteiger partial charge in [0.15, 0.2) is 0 Å². The van der Waals surface area contributed by atoms with Crippen LogP contribution in [0.3, 0.4) is 0 Å². The Balaban J connectivity index is 0.000000371. The van der Waals surface area contributed by atoms with Gasteiger partial charge in [0.1, 0.15) is 0 Å². The molecule has 56 valence electrons. The fourth-order valence-corrected chi connectivity index (χ4v) is 0.896. The van der Waals surface area contributed by atoms with Gasteiger partial charge in [-0.2, -0.15) is 12.2 Å². The molecule has 0 saturated heterocycles. The van der Waals surface area contributed by atoms with Crippen LogP contribution in [0.5, 0.6) is 0 Å². The molecule has 0 heterocycles. The van der Waals surface area contributed by atoms with Crippen LogP contribution in [0.2, 0.25) is 10.0 Å². The molecule has 0 aliphatic heterocycles. The maximum Gasteiger partial charge on any atom is 0.0420 e. The van der Waals surface area contributed by atoms with Crippen molar-refractivity contribution in [3.05, 3.63) is 34.3 Å². The summed E-state index contributed by atoms with van der Waals surface area (Å²) < 4.78 is 0. The minimum absolute atomic E-state index is 0.678. The Labute approximate surface area is 78.3 Å². The van der Waals surface area contributed by atoms with E-state index >= 15 is 0 Å². The lowest BCUT2D eigenvalue weighted by molar-refractivity contribution is 1.71. The van der Waals surface area contributed by atoms with Gasteiger partial charge in [-0.3, -0.25) is 0 Å². The number of hydrogen-bond donors (Lipinski definition) is 1. The third-order valence-corrected chi connectivity index (χ3v) is 1.26. The Hall–Kier alpha value is 0.580. The summed E-state index contributed by atoms with van der Waals surface area (Å²) >= 11 is 14.6. The standard InChI is InChI=1S/C6H4Cl2.H3PS/c7-5-2-1-3-6(8)4-5;1-2/h1-4H;2H,1H2. The van der Waals surface area contributed by atoms with Gasteiger partial charge in [0.2, 0.25) is 0 Å². The highest BCUT2D eigenvalue weighted by Crippen LogP contribution is 2.13. The first kappa shape index (κ1) is 10.6. The molecule has 1 atom stereocenters. The Bertz CT molecular complexity index is 176. The van der Waals surface area contributed by atoms with E-state index in [0.29, 0.717) is 10.0 Å². The molecule has 0 aliphatic rings. The highest BCUT2D eigenvalue weighted by molar-refractivity contribution is 8.31. The number of halogens is 2. The molecule has 0 N–H and O–H groups in total.